The van der Waals surface area contributed by atoms with E-state index in [4.69, 9.17) is 18.1 Å². The van der Waals surface area contributed by atoms with Crippen LogP contribution in [0, 0.1) is 0 Å². The van der Waals surface area contributed by atoms with Gasteiger partial charge >= 0.3 is 16.1 Å². The smallest absolute Gasteiger partial charge is 0.322 e. The monoisotopic (exact) mass is 460 g/mol. The highest BCUT2D eigenvalue weighted by Gasteiger charge is 2.19. The van der Waals surface area contributed by atoms with Gasteiger partial charge in [0.1, 0.15) is 11.5 Å². The van der Waals surface area contributed by atoms with Crippen molar-refractivity contribution in [2.75, 3.05) is 25.8 Å². The highest BCUT2D eigenvalue weighted by Crippen LogP contribution is 2.30. The fraction of sp³-hybridized carbons (Fsp3) is 0.227. The minimum absolute atomic E-state index is 0.0376. The van der Waals surface area contributed by atoms with E-state index in [0.29, 0.717) is 22.8 Å². The molecule has 0 bridgehead atoms. The van der Waals surface area contributed by atoms with Gasteiger partial charge in [-0.15, -0.1) is 0 Å². The Morgan fingerprint density at radius 1 is 0.969 bits per heavy atom. The predicted molar refractivity (Wildman–Crippen MR) is 118 cm³/mol. The van der Waals surface area contributed by atoms with E-state index in [1.165, 1.54) is 31.4 Å². The van der Waals surface area contributed by atoms with Crippen LogP contribution in [0.3, 0.4) is 0 Å². The zero-order chi connectivity index (χ0) is 23.1. The van der Waals surface area contributed by atoms with Gasteiger partial charge in [-0.05, 0) is 42.0 Å². The van der Waals surface area contributed by atoms with Gasteiger partial charge in [-0.25, -0.2) is 4.79 Å². The van der Waals surface area contributed by atoms with Crippen LogP contribution in [0.25, 0.3) is 0 Å². The standard InChI is InChI=1S/C22H24N2O7S/c1-28-19-9-5-4-8-18(19)23-22(25)24(15-17-7-6-12-30-17)14-16-10-11-20(29-2)21(13-16)31-32(3,26)27/h4-13H,14-15H2,1-3H3,(H,23,25). The van der Waals surface area contributed by atoms with Crippen molar-refractivity contribution in [2.45, 2.75) is 13.1 Å². The maximum absolute atomic E-state index is 13.1. The summed E-state index contributed by atoms with van der Waals surface area (Å²) in [5.74, 6) is 1.40. The number of ether oxygens (including phenoxy) is 2. The summed E-state index contributed by atoms with van der Waals surface area (Å²) in [4.78, 5) is 14.6. The van der Waals surface area contributed by atoms with Gasteiger partial charge in [0.15, 0.2) is 11.5 Å². The first-order chi connectivity index (χ1) is 15.3. The molecule has 170 valence electrons. The second-order valence-electron chi connectivity index (χ2n) is 6.84. The summed E-state index contributed by atoms with van der Waals surface area (Å²) < 4.78 is 44.1. The first kappa shape index (κ1) is 23.0. The van der Waals surface area contributed by atoms with Gasteiger partial charge in [0.2, 0.25) is 0 Å². The fourth-order valence-electron chi connectivity index (χ4n) is 3.00. The summed E-state index contributed by atoms with van der Waals surface area (Å²) in [5.41, 5.74) is 1.14. The third kappa shape index (κ3) is 6.17. The van der Waals surface area contributed by atoms with E-state index < -0.39 is 16.1 Å². The molecule has 0 radical (unpaired) electrons. The first-order valence-electron chi connectivity index (χ1n) is 9.56. The van der Waals surface area contributed by atoms with Crippen molar-refractivity contribution in [1.82, 2.24) is 4.90 Å². The number of carbonyl (C=O) groups excluding carboxylic acids is 1. The number of amides is 2. The number of para-hydroxylation sites is 2. The van der Waals surface area contributed by atoms with Gasteiger partial charge in [0.25, 0.3) is 0 Å². The quantitative estimate of drug-likeness (QED) is 0.483. The maximum Gasteiger partial charge on any atom is 0.322 e. The van der Waals surface area contributed by atoms with Crippen molar-refractivity contribution in [3.63, 3.8) is 0 Å². The van der Waals surface area contributed by atoms with E-state index >= 15 is 0 Å². The Labute approximate surface area is 186 Å². The maximum atomic E-state index is 13.1. The molecule has 0 saturated carbocycles. The largest absolute Gasteiger partial charge is 0.495 e. The normalized spacial score (nSPS) is 11.0. The number of benzene rings is 2. The molecular weight excluding hydrogens is 436 g/mol. The van der Waals surface area contributed by atoms with Crippen molar-refractivity contribution in [2.24, 2.45) is 0 Å². The number of rotatable bonds is 9. The van der Waals surface area contributed by atoms with Gasteiger partial charge in [-0.3, -0.25) is 0 Å². The molecule has 0 fully saturated rings. The van der Waals surface area contributed by atoms with Crippen molar-refractivity contribution >= 4 is 21.8 Å². The summed E-state index contributed by atoms with van der Waals surface area (Å²) in [6.07, 6.45) is 2.47. The van der Waals surface area contributed by atoms with Gasteiger partial charge in [-0.1, -0.05) is 18.2 Å². The second-order valence-corrected chi connectivity index (χ2v) is 8.41. The number of hydrogen-bond acceptors (Lipinski definition) is 7. The van der Waals surface area contributed by atoms with Crippen LogP contribution in [-0.2, 0) is 23.2 Å². The van der Waals surface area contributed by atoms with E-state index in [-0.39, 0.29) is 24.6 Å². The molecule has 1 N–H and O–H groups in total. The fourth-order valence-corrected chi connectivity index (χ4v) is 3.46. The summed E-state index contributed by atoms with van der Waals surface area (Å²) in [7, 11) is -0.832. The molecule has 1 aromatic heterocycles. The molecule has 32 heavy (non-hydrogen) atoms. The zero-order valence-corrected chi connectivity index (χ0v) is 18.7. The Morgan fingerprint density at radius 3 is 2.38 bits per heavy atom. The van der Waals surface area contributed by atoms with Crippen LogP contribution in [0.15, 0.2) is 65.3 Å². The molecule has 0 atom stereocenters. The zero-order valence-electron chi connectivity index (χ0n) is 17.9. The van der Waals surface area contributed by atoms with Crippen molar-refractivity contribution < 1.29 is 31.3 Å². The number of urea groups is 1. The van der Waals surface area contributed by atoms with E-state index in [0.717, 1.165) is 6.26 Å². The Hall–Kier alpha value is -3.66. The molecule has 0 unspecified atom stereocenters. The van der Waals surface area contributed by atoms with Crippen LogP contribution in [0.1, 0.15) is 11.3 Å². The third-order valence-electron chi connectivity index (χ3n) is 4.41. The SMILES string of the molecule is COc1ccccc1NC(=O)N(Cc1ccc(OC)c(OS(C)(=O)=O)c1)Cc1ccco1. The Bertz CT molecular complexity index is 1160. The lowest BCUT2D eigenvalue weighted by molar-refractivity contribution is 0.201. The average Bonchev–Trinajstić information content (AvgIpc) is 3.26. The molecule has 0 aliphatic heterocycles. The van der Waals surface area contributed by atoms with Crippen LogP contribution < -0.4 is 19.0 Å². The number of methoxy groups -OCH3 is 2. The van der Waals surface area contributed by atoms with Crippen molar-refractivity contribution in [1.29, 1.82) is 0 Å². The lowest BCUT2D eigenvalue weighted by Gasteiger charge is -2.23. The summed E-state index contributed by atoms with van der Waals surface area (Å²) in [6, 6.07) is 15.0. The number of nitrogens with zero attached hydrogens (tertiary/aromatic N) is 1. The molecule has 0 aliphatic carbocycles. The van der Waals surface area contributed by atoms with Crippen LogP contribution in [0.4, 0.5) is 10.5 Å². The molecule has 3 aromatic rings. The minimum Gasteiger partial charge on any atom is -0.495 e. The Morgan fingerprint density at radius 2 is 1.72 bits per heavy atom. The molecule has 0 saturated heterocycles. The molecule has 10 heteroatoms. The number of nitrogens with one attached hydrogen (secondary N) is 1. The van der Waals surface area contributed by atoms with Crippen molar-refractivity contribution in [3.05, 3.63) is 72.2 Å². The average molecular weight is 461 g/mol. The predicted octanol–water partition coefficient (Wildman–Crippen LogP) is 3.87. The van der Waals surface area contributed by atoms with E-state index in [2.05, 4.69) is 5.32 Å². The molecule has 0 aliphatic rings. The molecule has 9 nitrogen and oxygen atoms in total. The lowest BCUT2D eigenvalue weighted by atomic mass is 10.2. The molecule has 2 amide bonds. The Kier molecular flexibility index (Phi) is 7.26. The number of carbonyl (C=O) groups is 1. The molecule has 3 rings (SSSR count). The highest BCUT2D eigenvalue weighted by atomic mass is 32.2. The van der Waals surface area contributed by atoms with Gasteiger partial charge < -0.3 is 28.3 Å². The number of anilines is 1. The van der Waals surface area contributed by atoms with Crippen LogP contribution in [-0.4, -0.2) is 39.8 Å². The van der Waals surface area contributed by atoms with E-state index in [9.17, 15) is 13.2 Å². The minimum atomic E-state index is -3.76. The van der Waals surface area contributed by atoms with E-state index in [1.54, 1.807) is 48.5 Å². The van der Waals surface area contributed by atoms with Crippen molar-refractivity contribution in [3.8, 4) is 17.2 Å². The third-order valence-corrected chi connectivity index (χ3v) is 4.89. The van der Waals surface area contributed by atoms with Gasteiger partial charge in [0, 0.05) is 6.54 Å². The first-order valence-corrected chi connectivity index (χ1v) is 11.4. The number of furan rings is 1. The topological polar surface area (TPSA) is 107 Å². The lowest BCUT2D eigenvalue weighted by Crippen LogP contribution is -2.34. The van der Waals surface area contributed by atoms with Gasteiger partial charge in [0.05, 0.1) is 39.0 Å². The van der Waals surface area contributed by atoms with Crippen LogP contribution >= 0.6 is 0 Å². The highest BCUT2D eigenvalue weighted by molar-refractivity contribution is 7.86. The van der Waals surface area contributed by atoms with Crippen LogP contribution in [0.5, 0.6) is 17.2 Å². The van der Waals surface area contributed by atoms with Crippen LogP contribution in [0.2, 0.25) is 0 Å². The summed E-state index contributed by atoms with van der Waals surface area (Å²) in [5, 5.41) is 2.84. The van der Waals surface area contributed by atoms with Gasteiger partial charge in [-0.2, -0.15) is 8.42 Å². The summed E-state index contributed by atoms with van der Waals surface area (Å²) in [6.45, 7) is 0.327. The number of hydrogen-bond donors (Lipinski definition) is 1. The molecule has 1 heterocycles. The molecule has 0 spiro atoms. The Balaban J connectivity index is 1.87. The summed E-state index contributed by atoms with van der Waals surface area (Å²) >= 11 is 0. The second kappa shape index (κ2) is 10.1. The van der Waals surface area contributed by atoms with E-state index in [1.807, 2.05) is 0 Å². The molecule has 2 aromatic carbocycles. The molecular formula is C22H24N2O7S.